The van der Waals surface area contributed by atoms with E-state index in [2.05, 4.69) is 38.0 Å². The van der Waals surface area contributed by atoms with Gasteiger partial charge in [-0.05, 0) is 36.2 Å². The summed E-state index contributed by atoms with van der Waals surface area (Å²) in [5, 5.41) is 7.49. The van der Waals surface area contributed by atoms with Gasteiger partial charge in [-0.25, -0.2) is 5.43 Å². The molecule has 1 fully saturated rings. The third-order valence-electron chi connectivity index (χ3n) is 6.07. The van der Waals surface area contributed by atoms with Crippen molar-refractivity contribution >= 4 is 28.5 Å². The molecule has 0 aliphatic carbocycles. The van der Waals surface area contributed by atoms with Gasteiger partial charge in [0.05, 0.1) is 24.9 Å². The average molecular weight is 451 g/mol. The van der Waals surface area contributed by atoms with Crippen LogP contribution >= 0.6 is 11.8 Å². The van der Waals surface area contributed by atoms with Gasteiger partial charge in [0.2, 0.25) is 5.91 Å². The summed E-state index contributed by atoms with van der Waals surface area (Å²) in [7, 11) is 3.48. The predicted molar refractivity (Wildman–Crippen MR) is 127 cm³/mol. The molecular formula is C23H26N6O2S. The second-order valence-electron chi connectivity index (χ2n) is 7.92. The quantitative estimate of drug-likeness (QED) is 0.726. The Morgan fingerprint density at radius 2 is 1.97 bits per heavy atom. The molecule has 3 unspecified atom stereocenters. The zero-order chi connectivity index (χ0) is 22.1. The first-order valence-corrected chi connectivity index (χ1v) is 11.6. The SMILES string of the molecule is COc1ccc(C2CC3C4NN=C(SCC(=O)N(C)c5ccccc5)N4C=CN3N2)cc1. The topological polar surface area (TPSA) is 72.4 Å². The van der Waals surface area contributed by atoms with Crippen molar-refractivity contribution in [2.45, 2.75) is 24.7 Å². The zero-order valence-corrected chi connectivity index (χ0v) is 18.8. The van der Waals surface area contributed by atoms with Crippen molar-refractivity contribution in [1.29, 1.82) is 0 Å². The Kier molecular flexibility index (Phi) is 5.67. The van der Waals surface area contributed by atoms with Crippen molar-refractivity contribution in [3.63, 3.8) is 0 Å². The highest BCUT2D eigenvalue weighted by molar-refractivity contribution is 8.14. The molecule has 0 aromatic heterocycles. The molecule has 9 heteroatoms. The first-order valence-electron chi connectivity index (χ1n) is 10.6. The number of rotatable bonds is 5. The van der Waals surface area contributed by atoms with Crippen LogP contribution in [0.25, 0.3) is 0 Å². The number of hydrazine groups is 1. The number of fused-ring (bicyclic) bond motifs is 3. The normalized spacial score (nSPS) is 23.3. The lowest BCUT2D eigenvalue weighted by Crippen LogP contribution is -2.54. The molecule has 32 heavy (non-hydrogen) atoms. The van der Waals surface area contributed by atoms with Crippen molar-refractivity contribution in [2.75, 3.05) is 24.8 Å². The number of nitrogens with zero attached hydrogens (tertiary/aromatic N) is 4. The van der Waals surface area contributed by atoms with Crippen LogP contribution in [0.2, 0.25) is 0 Å². The number of carbonyl (C=O) groups is 1. The molecule has 0 bridgehead atoms. The van der Waals surface area contributed by atoms with Crippen LogP contribution in [0.1, 0.15) is 18.0 Å². The van der Waals surface area contributed by atoms with Crippen LogP contribution in [0.15, 0.2) is 72.1 Å². The lowest BCUT2D eigenvalue weighted by atomic mass is 10.00. The Labute approximate surface area is 191 Å². The molecule has 3 heterocycles. The summed E-state index contributed by atoms with van der Waals surface area (Å²) in [6.07, 6.45) is 5.03. The van der Waals surface area contributed by atoms with Crippen LogP contribution in [0.4, 0.5) is 5.69 Å². The van der Waals surface area contributed by atoms with Crippen molar-refractivity contribution in [3.8, 4) is 5.75 Å². The van der Waals surface area contributed by atoms with Crippen LogP contribution in [0, 0.1) is 0 Å². The third-order valence-corrected chi connectivity index (χ3v) is 7.02. The fourth-order valence-corrected chi connectivity index (χ4v) is 5.11. The molecule has 3 aliphatic heterocycles. The summed E-state index contributed by atoms with van der Waals surface area (Å²) in [4.78, 5) is 16.5. The van der Waals surface area contributed by atoms with E-state index in [0.717, 1.165) is 23.0 Å². The number of hydrogen-bond acceptors (Lipinski definition) is 8. The second kappa shape index (κ2) is 8.76. The number of carbonyl (C=O) groups excluding carboxylic acids is 1. The second-order valence-corrected chi connectivity index (χ2v) is 8.86. The van der Waals surface area contributed by atoms with E-state index in [1.165, 1.54) is 17.3 Å². The van der Waals surface area contributed by atoms with Crippen LogP contribution in [0.5, 0.6) is 5.75 Å². The lowest BCUT2D eigenvalue weighted by molar-refractivity contribution is -0.115. The Balaban J connectivity index is 1.20. The van der Waals surface area contributed by atoms with Gasteiger partial charge in [-0.2, -0.15) is 5.10 Å². The molecule has 5 rings (SSSR count). The van der Waals surface area contributed by atoms with Gasteiger partial charge in [-0.1, -0.05) is 42.1 Å². The molecule has 0 saturated carbocycles. The minimum absolute atomic E-state index is 0.0280. The third kappa shape index (κ3) is 3.89. The summed E-state index contributed by atoms with van der Waals surface area (Å²) in [6.45, 7) is 0. The number of amidine groups is 1. The van der Waals surface area contributed by atoms with Gasteiger partial charge < -0.3 is 19.5 Å². The molecule has 2 aromatic carbocycles. The number of thioether (sulfide) groups is 1. The van der Waals surface area contributed by atoms with E-state index in [9.17, 15) is 4.79 Å². The maximum absolute atomic E-state index is 12.7. The summed E-state index contributed by atoms with van der Waals surface area (Å²) >= 11 is 1.45. The van der Waals surface area contributed by atoms with Crippen molar-refractivity contribution in [1.82, 2.24) is 20.8 Å². The number of para-hydroxylation sites is 1. The van der Waals surface area contributed by atoms with E-state index in [4.69, 9.17) is 4.74 Å². The molecule has 8 nitrogen and oxygen atoms in total. The summed E-state index contributed by atoms with van der Waals surface area (Å²) < 4.78 is 5.27. The molecule has 166 valence electrons. The van der Waals surface area contributed by atoms with Crippen LogP contribution < -0.4 is 20.5 Å². The lowest BCUT2D eigenvalue weighted by Gasteiger charge is -2.36. The largest absolute Gasteiger partial charge is 0.497 e. The van der Waals surface area contributed by atoms with Gasteiger partial charge in [0.15, 0.2) is 5.17 Å². The minimum atomic E-state index is 0.0280. The van der Waals surface area contributed by atoms with Crippen molar-refractivity contribution < 1.29 is 9.53 Å². The Morgan fingerprint density at radius 1 is 1.19 bits per heavy atom. The van der Waals surface area contributed by atoms with Crippen LogP contribution in [-0.4, -0.2) is 53.1 Å². The highest BCUT2D eigenvalue weighted by Crippen LogP contribution is 2.35. The molecule has 2 aromatic rings. The van der Waals surface area contributed by atoms with E-state index in [0.29, 0.717) is 5.75 Å². The smallest absolute Gasteiger partial charge is 0.237 e. The van der Waals surface area contributed by atoms with Gasteiger partial charge >= 0.3 is 0 Å². The molecule has 0 spiro atoms. The number of anilines is 1. The van der Waals surface area contributed by atoms with Gasteiger partial charge in [0.1, 0.15) is 11.9 Å². The first kappa shape index (κ1) is 20.7. The fourth-order valence-electron chi connectivity index (χ4n) is 4.22. The fraction of sp³-hybridized carbons (Fsp3) is 0.304. The number of ether oxygens (including phenoxy) is 1. The summed E-state index contributed by atoms with van der Waals surface area (Å²) in [5.41, 5.74) is 8.96. The molecule has 1 amide bonds. The predicted octanol–water partition coefficient (Wildman–Crippen LogP) is 2.70. The molecular weight excluding hydrogens is 424 g/mol. The molecule has 3 aliphatic rings. The standard InChI is InChI=1S/C23H26N6O2S/c1-27(17-6-4-3-5-7-17)21(30)15-32-23-25-24-22-20-14-19(26-29(20)13-12-28(22)23)16-8-10-18(31-2)11-9-16/h3-13,19-20,22,24,26H,14-15H2,1-2H3. The van der Waals surface area contributed by atoms with Gasteiger partial charge in [-0.15, -0.1) is 0 Å². The van der Waals surface area contributed by atoms with E-state index < -0.39 is 0 Å². The minimum Gasteiger partial charge on any atom is -0.497 e. The maximum atomic E-state index is 12.7. The Morgan fingerprint density at radius 3 is 2.72 bits per heavy atom. The van der Waals surface area contributed by atoms with Gasteiger partial charge in [-0.3, -0.25) is 10.2 Å². The van der Waals surface area contributed by atoms with Crippen LogP contribution in [0.3, 0.4) is 0 Å². The van der Waals surface area contributed by atoms with Gasteiger partial charge in [0.25, 0.3) is 0 Å². The number of nitrogens with one attached hydrogen (secondary N) is 2. The molecule has 0 radical (unpaired) electrons. The maximum Gasteiger partial charge on any atom is 0.237 e. The summed E-state index contributed by atoms with van der Waals surface area (Å²) in [6, 6.07) is 18.3. The highest BCUT2D eigenvalue weighted by atomic mass is 32.2. The average Bonchev–Trinajstić information content (AvgIpc) is 3.46. The van der Waals surface area contributed by atoms with E-state index in [-0.39, 0.29) is 24.2 Å². The molecule has 1 saturated heterocycles. The summed E-state index contributed by atoms with van der Waals surface area (Å²) in [5.74, 6) is 1.22. The number of benzene rings is 2. The number of hydrogen-bond donors (Lipinski definition) is 2. The van der Waals surface area contributed by atoms with Crippen molar-refractivity contribution in [3.05, 3.63) is 72.6 Å². The Bertz CT molecular complexity index is 1030. The number of methoxy groups -OCH3 is 1. The van der Waals surface area contributed by atoms with E-state index >= 15 is 0 Å². The Hall–Kier alpha value is -3.17. The first-order chi connectivity index (χ1) is 15.6. The molecule has 2 N–H and O–H groups in total. The van der Waals surface area contributed by atoms with Gasteiger partial charge in [0, 0.05) is 25.1 Å². The van der Waals surface area contributed by atoms with E-state index in [1.807, 2.05) is 54.9 Å². The monoisotopic (exact) mass is 450 g/mol. The van der Waals surface area contributed by atoms with Crippen LogP contribution in [-0.2, 0) is 4.79 Å². The highest BCUT2D eigenvalue weighted by Gasteiger charge is 2.44. The molecule has 3 atom stereocenters. The number of hydrazone groups is 1. The number of amides is 1. The zero-order valence-electron chi connectivity index (χ0n) is 18.0. The van der Waals surface area contributed by atoms with E-state index in [1.54, 1.807) is 19.1 Å². The van der Waals surface area contributed by atoms with Crippen molar-refractivity contribution in [2.24, 2.45) is 5.10 Å².